The number of hydrazone groups is 1. The molecule has 2 aliphatic rings. The molecule has 0 aliphatic carbocycles. The number of likely N-dealkylation sites (tertiary alicyclic amines) is 1. The van der Waals surface area contributed by atoms with Crippen LogP contribution in [0.15, 0.2) is 53.6 Å². The number of pyridine rings is 1. The Balaban J connectivity index is 1.39. The molecule has 6 nitrogen and oxygen atoms in total. The van der Waals surface area contributed by atoms with E-state index in [2.05, 4.69) is 10.1 Å². The van der Waals surface area contributed by atoms with Gasteiger partial charge in [0.25, 0.3) is 5.91 Å². The lowest BCUT2D eigenvalue weighted by Crippen LogP contribution is -2.43. The number of hydrogen-bond acceptors (Lipinski definition) is 4. The van der Waals surface area contributed by atoms with Crippen molar-refractivity contribution in [1.82, 2.24) is 14.9 Å². The van der Waals surface area contributed by atoms with Gasteiger partial charge in [0.15, 0.2) is 0 Å². The molecule has 1 aromatic heterocycles. The number of halogens is 1. The summed E-state index contributed by atoms with van der Waals surface area (Å²) in [5.41, 5.74) is 1.43. The minimum Gasteiger partial charge on any atom is -0.337 e. The van der Waals surface area contributed by atoms with Gasteiger partial charge >= 0.3 is 0 Å². The van der Waals surface area contributed by atoms with E-state index in [0.29, 0.717) is 36.8 Å². The number of nitrogens with zero attached hydrogens (tertiary/aromatic N) is 4. The number of piperidine rings is 1. The Kier molecular flexibility index (Phi) is 5.39. The summed E-state index contributed by atoms with van der Waals surface area (Å²) >= 11 is 5.88. The first-order chi connectivity index (χ1) is 13.6. The quantitative estimate of drug-likeness (QED) is 0.745. The van der Waals surface area contributed by atoms with Crippen molar-refractivity contribution in [2.75, 3.05) is 13.1 Å². The lowest BCUT2D eigenvalue weighted by atomic mass is 9.94. The number of hydrogen-bond donors (Lipinski definition) is 0. The molecule has 1 fully saturated rings. The van der Waals surface area contributed by atoms with Gasteiger partial charge in [-0.3, -0.25) is 9.59 Å². The van der Waals surface area contributed by atoms with E-state index in [0.717, 1.165) is 12.0 Å². The molecule has 1 saturated heterocycles. The van der Waals surface area contributed by atoms with Gasteiger partial charge in [-0.1, -0.05) is 48.0 Å². The monoisotopic (exact) mass is 396 g/mol. The molecule has 0 radical (unpaired) electrons. The number of carbonyl (C=O) groups is 2. The van der Waals surface area contributed by atoms with Gasteiger partial charge in [0.05, 0.1) is 6.04 Å². The van der Waals surface area contributed by atoms with Crippen LogP contribution >= 0.6 is 11.6 Å². The maximum absolute atomic E-state index is 13.1. The largest absolute Gasteiger partial charge is 0.337 e. The first-order valence-electron chi connectivity index (χ1n) is 9.46. The van der Waals surface area contributed by atoms with Crippen LogP contribution in [-0.4, -0.2) is 46.0 Å². The molecule has 2 amide bonds. The molecule has 1 atom stereocenters. The van der Waals surface area contributed by atoms with Crippen LogP contribution < -0.4 is 0 Å². The summed E-state index contributed by atoms with van der Waals surface area (Å²) in [5, 5.41) is 6.26. The molecule has 0 spiro atoms. The van der Waals surface area contributed by atoms with Gasteiger partial charge in [-0.2, -0.15) is 5.10 Å². The van der Waals surface area contributed by atoms with E-state index < -0.39 is 0 Å². The standard InChI is InChI=1S/C21H21ClN4O2/c22-19-8-4-7-17(24-19)21(28)25-13-10-16(11-14-25)20(27)26-18(9-12-23-26)15-5-2-1-3-6-15/h1-8,12,16,18H,9-11,13-14H2. The Hall–Kier alpha value is -2.73. The normalized spacial score (nSPS) is 19.8. The summed E-state index contributed by atoms with van der Waals surface area (Å²) in [6.45, 7) is 1.05. The number of carbonyl (C=O) groups excluding carboxylic acids is 2. The molecule has 0 N–H and O–H groups in total. The molecule has 7 heteroatoms. The second-order valence-electron chi connectivity index (χ2n) is 7.06. The lowest BCUT2D eigenvalue weighted by Gasteiger charge is -2.33. The van der Waals surface area contributed by atoms with Crippen molar-refractivity contribution < 1.29 is 9.59 Å². The fourth-order valence-corrected chi connectivity index (χ4v) is 3.95. The van der Waals surface area contributed by atoms with Crippen LogP contribution in [0.25, 0.3) is 0 Å². The Morgan fingerprint density at radius 1 is 1.00 bits per heavy atom. The summed E-state index contributed by atoms with van der Waals surface area (Å²) in [5.74, 6) is -0.233. The topological polar surface area (TPSA) is 65.9 Å². The van der Waals surface area contributed by atoms with Gasteiger partial charge in [-0.05, 0) is 30.5 Å². The fourth-order valence-electron chi connectivity index (χ4n) is 3.78. The molecular weight excluding hydrogens is 376 g/mol. The predicted octanol–water partition coefficient (Wildman–Crippen LogP) is 3.55. The predicted molar refractivity (Wildman–Crippen MR) is 107 cm³/mol. The maximum Gasteiger partial charge on any atom is 0.272 e. The molecule has 2 aromatic rings. The summed E-state index contributed by atoms with van der Waals surface area (Å²) in [4.78, 5) is 31.5. The second kappa shape index (κ2) is 8.10. The highest BCUT2D eigenvalue weighted by Crippen LogP contribution is 2.31. The van der Waals surface area contributed by atoms with E-state index in [4.69, 9.17) is 11.6 Å². The van der Waals surface area contributed by atoms with Gasteiger partial charge < -0.3 is 4.90 Å². The van der Waals surface area contributed by atoms with Crippen LogP contribution in [0.3, 0.4) is 0 Å². The summed E-state index contributed by atoms with van der Waals surface area (Å²) in [6, 6.07) is 15.0. The van der Waals surface area contributed by atoms with E-state index >= 15 is 0 Å². The highest BCUT2D eigenvalue weighted by atomic mass is 35.5. The molecular formula is C21H21ClN4O2. The Labute approximate surface area is 168 Å². The van der Waals surface area contributed by atoms with Gasteiger partial charge in [-0.15, -0.1) is 0 Å². The van der Waals surface area contributed by atoms with E-state index in [1.54, 1.807) is 34.3 Å². The van der Waals surface area contributed by atoms with Gasteiger partial charge in [-0.25, -0.2) is 9.99 Å². The van der Waals surface area contributed by atoms with Crippen molar-refractivity contribution in [3.05, 3.63) is 64.9 Å². The average Bonchev–Trinajstić information content (AvgIpc) is 3.23. The van der Waals surface area contributed by atoms with Crippen molar-refractivity contribution in [1.29, 1.82) is 0 Å². The van der Waals surface area contributed by atoms with Crippen molar-refractivity contribution in [2.24, 2.45) is 11.0 Å². The van der Waals surface area contributed by atoms with Gasteiger partial charge in [0, 0.05) is 31.6 Å². The minimum absolute atomic E-state index is 0.0376. The smallest absolute Gasteiger partial charge is 0.272 e. The molecule has 0 bridgehead atoms. The first kappa shape index (κ1) is 18.6. The first-order valence-corrected chi connectivity index (χ1v) is 9.83. The summed E-state index contributed by atoms with van der Waals surface area (Å²) < 4.78 is 0. The van der Waals surface area contributed by atoms with Crippen LogP contribution in [-0.2, 0) is 4.79 Å². The molecule has 0 saturated carbocycles. The third kappa shape index (κ3) is 3.78. The maximum atomic E-state index is 13.1. The van der Waals surface area contributed by atoms with Crippen molar-refractivity contribution >= 4 is 29.6 Å². The van der Waals surface area contributed by atoms with Crippen LogP contribution in [0.1, 0.15) is 41.4 Å². The minimum atomic E-state index is -0.144. The Bertz CT molecular complexity index is 894. The van der Waals surface area contributed by atoms with Crippen LogP contribution in [0.2, 0.25) is 5.15 Å². The van der Waals surface area contributed by atoms with E-state index in [1.165, 1.54) is 0 Å². The van der Waals surface area contributed by atoms with E-state index in [9.17, 15) is 9.59 Å². The van der Waals surface area contributed by atoms with Crippen LogP contribution in [0.4, 0.5) is 0 Å². The fraction of sp³-hybridized carbons (Fsp3) is 0.333. The Morgan fingerprint density at radius 3 is 2.46 bits per heavy atom. The number of rotatable bonds is 3. The Morgan fingerprint density at radius 2 is 1.75 bits per heavy atom. The molecule has 2 aliphatic heterocycles. The van der Waals surface area contributed by atoms with E-state index in [1.807, 2.05) is 30.3 Å². The van der Waals surface area contributed by atoms with Crippen molar-refractivity contribution in [2.45, 2.75) is 25.3 Å². The second-order valence-corrected chi connectivity index (χ2v) is 7.44. The highest BCUT2D eigenvalue weighted by Gasteiger charge is 2.35. The van der Waals surface area contributed by atoms with Crippen molar-refractivity contribution in [3.63, 3.8) is 0 Å². The molecule has 1 unspecified atom stereocenters. The zero-order valence-corrected chi connectivity index (χ0v) is 16.1. The van der Waals surface area contributed by atoms with Gasteiger partial charge in [0.1, 0.15) is 10.8 Å². The molecule has 1 aromatic carbocycles. The number of aromatic nitrogens is 1. The SMILES string of the molecule is O=C(c1cccc(Cl)n1)N1CCC(C(=O)N2N=CCC2c2ccccc2)CC1. The average molecular weight is 397 g/mol. The third-order valence-electron chi connectivity index (χ3n) is 5.31. The van der Waals surface area contributed by atoms with Crippen LogP contribution in [0.5, 0.6) is 0 Å². The number of amides is 2. The van der Waals surface area contributed by atoms with Crippen molar-refractivity contribution in [3.8, 4) is 0 Å². The molecule has 4 rings (SSSR count). The summed E-state index contributed by atoms with van der Waals surface area (Å²) in [6.07, 6.45) is 3.78. The van der Waals surface area contributed by atoms with Crippen LogP contribution in [0, 0.1) is 5.92 Å². The molecule has 144 valence electrons. The third-order valence-corrected chi connectivity index (χ3v) is 5.52. The van der Waals surface area contributed by atoms with Gasteiger partial charge in [0.2, 0.25) is 5.91 Å². The zero-order chi connectivity index (χ0) is 19.5. The number of benzene rings is 1. The molecule has 28 heavy (non-hydrogen) atoms. The molecule has 3 heterocycles. The summed E-state index contributed by atoms with van der Waals surface area (Å²) in [7, 11) is 0. The highest BCUT2D eigenvalue weighted by molar-refractivity contribution is 6.29. The zero-order valence-electron chi connectivity index (χ0n) is 15.4. The van der Waals surface area contributed by atoms with E-state index in [-0.39, 0.29) is 23.8 Å². The lowest BCUT2D eigenvalue weighted by molar-refractivity contribution is -0.138.